The lowest BCUT2D eigenvalue weighted by atomic mass is 9.99. The minimum atomic E-state index is -0.250. The van der Waals surface area contributed by atoms with Gasteiger partial charge in [-0.05, 0) is 16.8 Å². The van der Waals surface area contributed by atoms with Crippen molar-refractivity contribution in [2.75, 3.05) is 25.7 Å². The largest absolute Gasteiger partial charge is 0.479 e. The number of amides is 1. The molecule has 2 aromatic rings. The van der Waals surface area contributed by atoms with Crippen molar-refractivity contribution in [3.63, 3.8) is 0 Å². The molecule has 21 heavy (non-hydrogen) atoms. The second kappa shape index (κ2) is 5.57. The zero-order chi connectivity index (χ0) is 14.8. The van der Waals surface area contributed by atoms with Gasteiger partial charge in [-0.25, -0.2) is 0 Å². The normalized spacial score (nSPS) is 17.4. The van der Waals surface area contributed by atoms with E-state index in [2.05, 4.69) is 5.16 Å². The maximum Gasteiger partial charge on any atom is 0.297 e. The van der Waals surface area contributed by atoms with E-state index in [1.165, 1.54) is 13.2 Å². The minimum Gasteiger partial charge on any atom is -0.479 e. The number of nitrogens with zero attached hydrogens (tertiary/aromatic N) is 2. The first-order valence-electron chi connectivity index (χ1n) is 6.66. The number of methoxy groups -OCH3 is 2. The average molecular weight is 288 g/mol. The zero-order valence-electron chi connectivity index (χ0n) is 11.9. The van der Waals surface area contributed by atoms with Gasteiger partial charge < -0.3 is 18.9 Å². The third-order valence-corrected chi connectivity index (χ3v) is 3.60. The van der Waals surface area contributed by atoms with Crippen LogP contribution >= 0.6 is 0 Å². The Morgan fingerprint density at radius 1 is 1.38 bits per heavy atom. The first-order chi connectivity index (χ1) is 10.2. The van der Waals surface area contributed by atoms with Crippen molar-refractivity contribution in [2.45, 2.75) is 12.5 Å². The fourth-order valence-corrected chi connectivity index (χ4v) is 2.50. The Balaban J connectivity index is 1.94. The van der Waals surface area contributed by atoms with E-state index in [-0.39, 0.29) is 23.7 Å². The summed E-state index contributed by atoms with van der Waals surface area (Å²) in [6.45, 7) is 0.482. The molecule has 1 atom stereocenters. The Hall–Kier alpha value is -2.34. The lowest BCUT2D eigenvalue weighted by molar-refractivity contribution is 0.0844. The van der Waals surface area contributed by atoms with Gasteiger partial charge in [-0.2, -0.15) is 0 Å². The second-order valence-corrected chi connectivity index (χ2v) is 4.84. The van der Waals surface area contributed by atoms with Crippen LogP contribution in [-0.2, 0) is 11.2 Å². The van der Waals surface area contributed by atoms with Crippen molar-refractivity contribution >= 4 is 11.6 Å². The number of rotatable bonds is 3. The van der Waals surface area contributed by atoms with Crippen LogP contribution in [0.3, 0.4) is 0 Å². The number of anilines is 1. The second-order valence-electron chi connectivity index (χ2n) is 4.84. The van der Waals surface area contributed by atoms with Gasteiger partial charge in [0.25, 0.3) is 11.8 Å². The lowest BCUT2D eigenvalue weighted by Crippen LogP contribution is -2.43. The topological polar surface area (TPSA) is 64.8 Å². The van der Waals surface area contributed by atoms with Gasteiger partial charge in [-0.1, -0.05) is 18.2 Å². The molecule has 0 spiro atoms. The van der Waals surface area contributed by atoms with Crippen molar-refractivity contribution in [1.82, 2.24) is 5.16 Å². The molecule has 110 valence electrons. The molecule has 0 N–H and O–H groups in total. The molecule has 1 aliphatic heterocycles. The first-order valence-corrected chi connectivity index (χ1v) is 6.66. The number of ether oxygens (including phenoxy) is 2. The number of hydrogen-bond acceptors (Lipinski definition) is 5. The molecule has 0 aliphatic carbocycles. The Labute approximate surface area is 122 Å². The van der Waals surface area contributed by atoms with Crippen LogP contribution in [0.5, 0.6) is 5.88 Å². The summed E-state index contributed by atoms with van der Waals surface area (Å²) in [6, 6.07) is 9.28. The van der Waals surface area contributed by atoms with E-state index in [0.717, 1.165) is 17.7 Å². The van der Waals surface area contributed by atoms with Crippen molar-refractivity contribution in [3.05, 3.63) is 41.7 Å². The predicted octanol–water partition coefficient (Wildman–Crippen LogP) is 1.90. The molecule has 0 saturated carbocycles. The van der Waals surface area contributed by atoms with Crippen LogP contribution in [-0.4, -0.2) is 37.9 Å². The van der Waals surface area contributed by atoms with E-state index >= 15 is 0 Å². The van der Waals surface area contributed by atoms with Crippen molar-refractivity contribution in [1.29, 1.82) is 0 Å². The van der Waals surface area contributed by atoms with Crippen LogP contribution < -0.4 is 9.64 Å². The summed E-state index contributed by atoms with van der Waals surface area (Å²) in [5.74, 6) is 0.186. The average Bonchev–Trinajstić information content (AvgIpc) is 3.02. The number of fused-ring (bicyclic) bond motifs is 1. The van der Waals surface area contributed by atoms with Crippen molar-refractivity contribution < 1.29 is 18.8 Å². The van der Waals surface area contributed by atoms with E-state index in [1.54, 1.807) is 12.0 Å². The zero-order valence-corrected chi connectivity index (χ0v) is 11.9. The summed E-state index contributed by atoms with van der Waals surface area (Å²) < 4.78 is 15.4. The van der Waals surface area contributed by atoms with Crippen LogP contribution in [0.4, 0.5) is 5.69 Å². The van der Waals surface area contributed by atoms with E-state index in [0.29, 0.717) is 6.54 Å². The summed E-state index contributed by atoms with van der Waals surface area (Å²) in [6.07, 6.45) is 0.754. The van der Waals surface area contributed by atoms with Gasteiger partial charge in [0.15, 0.2) is 0 Å². The van der Waals surface area contributed by atoms with Crippen LogP contribution in [0.25, 0.3) is 0 Å². The summed E-state index contributed by atoms with van der Waals surface area (Å²) in [4.78, 5) is 14.3. The Morgan fingerprint density at radius 2 is 2.19 bits per heavy atom. The van der Waals surface area contributed by atoms with Gasteiger partial charge in [-0.3, -0.25) is 4.79 Å². The Kier molecular flexibility index (Phi) is 3.62. The third-order valence-electron chi connectivity index (χ3n) is 3.60. The molecule has 0 saturated heterocycles. The molecular formula is C15H16N2O4. The first kappa shape index (κ1) is 13.6. The van der Waals surface area contributed by atoms with Crippen LogP contribution in [0.15, 0.2) is 34.9 Å². The molecule has 0 radical (unpaired) electrons. The maximum absolute atomic E-state index is 12.6. The fraction of sp³-hybridized carbons (Fsp3) is 0.333. The Bertz CT molecular complexity index is 653. The Morgan fingerprint density at radius 3 is 2.90 bits per heavy atom. The standard InChI is InChI=1S/C15H16N2O4/c1-19-11-7-10-5-3-4-6-12(10)17(9-11)15(18)13-8-14(20-2)16-21-13/h3-6,8,11H,7,9H2,1-2H3. The molecule has 0 bridgehead atoms. The van der Waals surface area contributed by atoms with Gasteiger partial charge in [0.1, 0.15) is 0 Å². The molecule has 2 heterocycles. The predicted molar refractivity (Wildman–Crippen MR) is 75.7 cm³/mol. The van der Waals surface area contributed by atoms with Crippen LogP contribution in [0.1, 0.15) is 16.1 Å². The summed E-state index contributed by atoms with van der Waals surface area (Å²) >= 11 is 0. The quantitative estimate of drug-likeness (QED) is 0.863. The number of hydrogen-bond donors (Lipinski definition) is 0. The van der Waals surface area contributed by atoms with Gasteiger partial charge >= 0.3 is 0 Å². The lowest BCUT2D eigenvalue weighted by Gasteiger charge is -2.33. The number of carbonyl (C=O) groups excluding carboxylic acids is 1. The molecule has 3 rings (SSSR count). The van der Waals surface area contributed by atoms with Gasteiger partial charge in [0, 0.05) is 19.2 Å². The van der Waals surface area contributed by atoms with E-state index in [4.69, 9.17) is 14.0 Å². The van der Waals surface area contributed by atoms with Crippen molar-refractivity contribution in [2.24, 2.45) is 0 Å². The highest BCUT2D eigenvalue weighted by Gasteiger charge is 2.30. The molecular weight excluding hydrogens is 272 g/mol. The molecule has 1 amide bonds. The number of aromatic nitrogens is 1. The highest BCUT2D eigenvalue weighted by atomic mass is 16.5. The highest BCUT2D eigenvalue weighted by Crippen LogP contribution is 2.29. The summed E-state index contributed by atoms with van der Waals surface area (Å²) in [7, 11) is 3.13. The molecule has 1 unspecified atom stereocenters. The van der Waals surface area contributed by atoms with Crippen molar-refractivity contribution in [3.8, 4) is 5.88 Å². The minimum absolute atomic E-state index is 0.0336. The van der Waals surface area contributed by atoms with Gasteiger partial charge in [0.2, 0.25) is 5.76 Å². The number of carbonyl (C=O) groups is 1. The summed E-state index contributed by atoms with van der Waals surface area (Å²) in [5, 5.41) is 3.67. The number of para-hydroxylation sites is 1. The smallest absolute Gasteiger partial charge is 0.297 e. The van der Waals surface area contributed by atoms with E-state index in [1.807, 2.05) is 24.3 Å². The van der Waals surface area contributed by atoms with E-state index < -0.39 is 0 Å². The van der Waals surface area contributed by atoms with Crippen LogP contribution in [0.2, 0.25) is 0 Å². The molecule has 1 aliphatic rings. The van der Waals surface area contributed by atoms with E-state index in [9.17, 15) is 4.79 Å². The summed E-state index contributed by atoms with van der Waals surface area (Å²) in [5.41, 5.74) is 1.96. The maximum atomic E-state index is 12.6. The highest BCUT2D eigenvalue weighted by molar-refractivity contribution is 6.05. The monoisotopic (exact) mass is 288 g/mol. The molecule has 1 aromatic carbocycles. The molecule has 0 fully saturated rings. The molecule has 6 heteroatoms. The molecule has 6 nitrogen and oxygen atoms in total. The van der Waals surface area contributed by atoms with Gasteiger partial charge in [0.05, 0.1) is 25.8 Å². The third kappa shape index (κ3) is 2.50. The SMILES string of the molecule is COc1cc(C(=O)N2CC(OC)Cc3ccccc32)on1. The number of benzene rings is 1. The fourth-order valence-electron chi connectivity index (χ4n) is 2.50. The van der Waals surface area contributed by atoms with Crippen LogP contribution in [0, 0.1) is 0 Å². The molecule has 1 aromatic heterocycles. The van der Waals surface area contributed by atoms with Gasteiger partial charge in [-0.15, -0.1) is 0 Å².